The topological polar surface area (TPSA) is 58.2 Å². The molecule has 1 saturated carbocycles. The van der Waals surface area contributed by atoms with E-state index in [1.165, 1.54) is 37.4 Å². The normalized spacial score (nSPS) is 18.5. The van der Waals surface area contributed by atoms with Crippen molar-refractivity contribution in [2.75, 3.05) is 16.4 Å². The first-order valence-electron chi connectivity index (χ1n) is 7.07. The molecular weight excluding hydrogens is 272 g/mol. The quantitative estimate of drug-likeness (QED) is 0.898. The summed E-state index contributed by atoms with van der Waals surface area (Å²) in [5.41, 5.74) is 1.56. The van der Waals surface area contributed by atoms with Gasteiger partial charge in [0, 0.05) is 17.0 Å². The molecular formula is C15H18N2O2S. The number of hydrogen-bond donors (Lipinski definition) is 2. The van der Waals surface area contributed by atoms with E-state index in [-0.39, 0.29) is 11.8 Å². The monoisotopic (exact) mass is 290 g/mol. The van der Waals surface area contributed by atoms with E-state index in [0.717, 1.165) is 16.3 Å². The van der Waals surface area contributed by atoms with E-state index in [4.69, 9.17) is 0 Å². The van der Waals surface area contributed by atoms with E-state index < -0.39 is 0 Å². The van der Waals surface area contributed by atoms with Gasteiger partial charge in [0.15, 0.2) is 0 Å². The molecule has 0 aromatic heterocycles. The van der Waals surface area contributed by atoms with Gasteiger partial charge < -0.3 is 10.6 Å². The number of fused-ring (bicyclic) bond motifs is 1. The molecule has 0 unspecified atom stereocenters. The molecule has 1 aromatic rings. The number of carbonyl (C=O) groups excluding carboxylic acids is 2. The molecule has 1 aliphatic heterocycles. The summed E-state index contributed by atoms with van der Waals surface area (Å²) in [4.78, 5) is 24.4. The Labute approximate surface area is 122 Å². The summed E-state index contributed by atoms with van der Waals surface area (Å²) in [6.07, 6.45) is 5.45. The number of thioether (sulfide) groups is 1. The van der Waals surface area contributed by atoms with Crippen molar-refractivity contribution in [1.29, 1.82) is 0 Å². The second-order valence-electron chi connectivity index (χ2n) is 5.45. The maximum absolute atomic E-state index is 12.0. The minimum absolute atomic E-state index is 0.0110. The minimum atomic E-state index is 0.0110. The number of hydrogen-bond acceptors (Lipinski definition) is 3. The Hall–Kier alpha value is -1.49. The molecule has 4 nitrogen and oxygen atoms in total. The maximum atomic E-state index is 12.0. The molecule has 1 aromatic carbocycles. The van der Waals surface area contributed by atoms with Crippen LogP contribution in [0.15, 0.2) is 23.1 Å². The molecule has 0 atom stereocenters. The van der Waals surface area contributed by atoms with Crippen LogP contribution in [0.5, 0.6) is 0 Å². The van der Waals surface area contributed by atoms with Gasteiger partial charge in [-0.05, 0) is 37.0 Å². The van der Waals surface area contributed by atoms with Crippen LogP contribution in [0.4, 0.5) is 11.4 Å². The van der Waals surface area contributed by atoms with Crippen LogP contribution in [0.25, 0.3) is 0 Å². The summed E-state index contributed by atoms with van der Waals surface area (Å²) in [6.45, 7) is 0. The van der Waals surface area contributed by atoms with Crippen molar-refractivity contribution < 1.29 is 9.59 Å². The largest absolute Gasteiger partial charge is 0.326 e. The first-order valence-corrected chi connectivity index (χ1v) is 8.06. The summed E-state index contributed by atoms with van der Waals surface area (Å²) < 4.78 is 0. The molecule has 2 aliphatic rings. The van der Waals surface area contributed by atoms with E-state index in [0.29, 0.717) is 18.1 Å². The van der Waals surface area contributed by atoms with Crippen molar-refractivity contribution >= 4 is 35.0 Å². The van der Waals surface area contributed by atoms with Crippen molar-refractivity contribution in [3.63, 3.8) is 0 Å². The second kappa shape index (κ2) is 5.87. The third-order valence-electron chi connectivity index (χ3n) is 3.84. The molecule has 20 heavy (non-hydrogen) atoms. The summed E-state index contributed by atoms with van der Waals surface area (Å²) in [6, 6.07) is 5.69. The predicted molar refractivity (Wildman–Crippen MR) is 81.0 cm³/mol. The molecule has 2 N–H and O–H groups in total. The molecule has 2 amide bonds. The zero-order valence-corrected chi connectivity index (χ0v) is 12.1. The van der Waals surface area contributed by atoms with Gasteiger partial charge in [-0.1, -0.05) is 12.8 Å². The third kappa shape index (κ3) is 3.15. The third-order valence-corrected chi connectivity index (χ3v) is 4.92. The van der Waals surface area contributed by atoms with E-state index >= 15 is 0 Å². The van der Waals surface area contributed by atoms with Gasteiger partial charge in [0.25, 0.3) is 0 Å². The van der Waals surface area contributed by atoms with Gasteiger partial charge in [0.1, 0.15) is 0 Å². The maximum Gasteiger partial charge on any atom is 0.234 e. The van der Waals surface area contributed by atoms with Crippen LogP contribution in [0.1, 0.15) is 32.1 Å². The number of amides is 2. The van der Waals surface area contributed by atoms with Gasteiger partial charge in [-0.25, -0.2) is 0 Å². The molecule has 3 rings (SSSR count). The van der Waals surface area contributed by atoms with Gasteiger partial charge in [0.05, 0.1) is 11.4 Å². The van der Waals surface area contributed by atoms with E-state index in [1.807, 2.05) is 18.2 Å². The molecule has 106 valence electrons. The van der Waals surface area contributed by atoms with Crippen LogP contribution < -0.4 is 10.6 Å². The lowest BCUT2D eigenvalue weighted by atomic mass is 10.0. The average Bonchev–Trinajstić information content (AvgIpc) is 2.91. The SMILES string of the molecule is O=C(CC1CCCC1)Nc1ccc2c(c1)NC(=O)CS2. The zero-order valence-electron chi connectivity index (χ0n) is 11.3. The predicted octanol–water partition coefficient (Wildman–Crippen LogP) is 3.25. The number of anilines is 2. The van der Waals surface area contributed by atoms with Gasteiger partial charge in [-0.15, -0.1) is 11.8 Å². The van der Waals surface area contributed by atoms with Crippen molar-refractivity contribution in [2.24, 2.45) is 5.92 Å². The smallest absolute Gasteiger partial charge is 0.234 e. The van der Waals surface area contributed by atoms with Crippen LogP contribution in [-0.4, -0.2) is 17.6 Å². The molecule has 1 fully saturated rings. The minimum Gasteiger partial charge on any atom is -0.326 e. The standard InChI is InChI=1S/C15H18N2O2S/c18-14(7-10-3-1-2-4-10)16-11-5-6-13-12(8-11)17-15(19)9-20-13/h5-6,8,10H,1-4,7,9H2,(H,16,18)(H,17,19). The first-order chi connectivity index (χ1) is 9.70. The highest BCUT2D eigenvalue weighted by Crippen LogP contribution is 2.33. The Morgan fingerprint density at radius 2 is 2.15 bits per heavy atom. The highest BCUT2D eigenvalue weighted by molar-refractivity contribution is 8.00. The summed E-state index contributed by atoms with van der Waals surface area (Å²) in [5.74, 6) is 1.09. The van der Waals surface area contributed by atoms with Gasteiger partial charge in [-0.3, -0.25) is 9.59 Å². The highest BCUT2D eigenvalue weighted by Gasteiger charge is 2.19. The molecule has 0 saturated heterocycles. The Morgan fingerprint density at radius 1 is 1.35 bits per heavy atom. The van der Waals surface area contributed by atoms with Crippen LogP contribution in [0.3, 0.4) is 0 Å². The van der Waals surface area contributed by atoms with Crippen LogP contribution >= 0.6 is 11.8 Å². The molecule has 0 radical (unpaired) electrons. The number of rotatable bonds is 3. The van der Waals surface area contributed by atoms with Crippen molar-refractivity contribution in [2.45, 2.75) is 37.0 Å². The summed E-state index contributed by atoms with van der Waals surface area (Å²) in [5, 5.41) is 5.77. The van der Waals surface area contributed by atoms with E-state index in [9.17, 15) is 9.59 Å². The first kappa shape index (κ1) is 13.5. The Balaban J connectivity index is 1.63. The number of nitrogens with one attached hydrogen (secondary N) is 2. The lowest BCUT2D eigenvalue weighted by molar-refractivity contribution is -0.117. The number of benzene rings is 1. The van der Waals surface area contributed by atoms with Crippen molar-refractivity contribution in [1.82, 2.24) is 0 Å². The summed E-state index contributed by atoms with van der Waals surface area (Å²) >= 11 is 1.53. The van der Waals surface area contributed by atoms with Crippen LogP contribution in [-0.2, 0) is 9.59 Å². The summed E-state index contributed by atoms with van der Waals surface area (Å²) in [7, 11) is 0. The lowest BCUT2D eigenvalue weighted by Gasteiger charge is -2.17. The fourth-order valence-corrected chi connectivity index (χ4v) is 3.64. The second-order valence-corrected chi connectivity index (χ2v) is 6.47. The van der Waals surface area contributed by atoms with Gasteiger partial charge in [0.2, 0.25) is 11.8 Å². The lowest BCUT2D eigenvalue weighted by Crippen LogP contribution is -2.19. The molecule has 1 aliphatic carbocycles. The van der Waals surface area contributed by atoms with Crippen LogP contribution in [0.2, 0.25) is 0 Å². The Kier molecular flexibility index (Phi) is 3.96. The Bertz CT molecular complexity index is 539. The Morgan fingerprint density at radius 3 is 2.95 bits per heavy atom. The fraction of sp³-hybridized carbons (Fsp3) is 0.467. The van der Waals surface area contributed by atoms with E-state index in [1.54, 1.807) is 0 Å². The number of carbonyl (C=O) groups is 2. The highest BCUT2D eigenvalue weighted by atomic mass is 32.2. The average molecular weight is 290 g/mol. The van der Waals surface area contributed by atoms with E-state index in [2.05, 4.69) is 10.6 Å². The van der Waals surface area contributed by atoms with Gasteiger partial charge in [-0.2, -0.15) is 0 Å². The van der Waals surface area contributed by atoms with Crippen LogP contribution in [0, 0.1) is 5.92 Å². The molecule has 5 heteroatoms. The van der Waals surface area contributed by atoms with Gasteiger partial charge >= 0.3 is 0 Å². The molecule has 0 bridgehead atoms. The molecule has 1 heterocycles. The molecule has 0 spiro atoms. The van der Waals surface area contributed by atoms with Crippen molar-refractivity contribution in [3.05, 3.63) is 18.2 Å². The van der Waals surface area contributed by atoms with Crippen molar-refractivity contribution in [3.8, 4) is 0 Å². The fourth-order valence-electron chi connectivity index (χ4n) is 2.85. The zero-order chi connectivity index (χ0) is 13.9.